The van der Waals surface area contributed by atoms with E-state index in [1.807, 2.05) is 18.2 Å². The maximum absolute atomic E-state index is 5.88. The largest absolute Gasteiger partial charge is 0.493 e. The van der Waals surface area contributed by atoms with Crippen molar-refractivity contribution in [1.29, 1.82) is 0 Å². The van der Waals surface area contributed by atoms with Crippen molar-refractivity contribution in [2.45, 2.75) is 26.8 Å². The Labute approximate surface area is 128 Å². The maximum Gasteiger partial charge on any atom is 0.191 e. The third-order valence-electron chi connectivity index (χ3n) is 3.01. The molecular formula is C17H27N3O. The lowest BCUT2D eigenvalue weighted by Crippen LogP contribution is -2.36. The summed E-state index contributed by atoms with van der Waals surface area (Å²) in [7, 11) is 1.75. The Balaban J connectivity index is 2.55. The van der Waals surface area contributed by atoms with Crippen LogP contribution in [0.4, 0.5) is 0 Å². The van der Waals surface area contributed by atoms with Gasteiger partial charge in [-0.05, 0) is 18.4 Å². The molecule has 1 aromatic rings. The monoisotopic (exact) mass is 289 g/mol. The van der Waals surface area contributed by atoms with E-state index in [1.54, 1.807) is 13.1 Å². The molecule has 21 heavy (non-hydrogen) atoms. The van der Waals surface area contributed by atoms with Gasteiger partial charge in [0, 0.05) is 25.7 Å². The molecule has 1 aromatic carbocycles. The Kier molecular flexibility index (Phi) is 8.02. The first-order valence-electron chi connectivity index (χ1n) is 7.43. The Morgan fingerprint density at radius 2 is 2.10 bits per heavy atom. The van der Waals surface area contributed by atoms with E-state index in [2.05, 4.69) is 42.1 Å². The van der Waals surface area contributed by atoms with Crippen LogP contribution in [0, 0.1) is 5.92 Å². The number of hydrogen-bond donors (Lipinski definition) is 2. The van der Waals surface area contributed by atoms with E-state index < -0.39 is 0 Å². The van der Waals surface area contributed by atoms with E-state index in [9.17, 15) is 0 Å². The van der Waals surface area contributed by atoms with Gasteiger partial charge in [0.25, 0.3) is 0 Å². The topological polar surface area (TPSA) is 45.7 Å². The van der Waals surface area contributed by atoms with Crippen LogP contribution in [0.15, 0.2) is 41.9 Å². The van der Waals surface area contributed by atoms with Crippen molar-refractivity contribution in [3.63, 3.8) is 0 Å². The molecule has 2 N–H and O–H groups in total. The maximum atomic E-state index is 5.88. The second-order valence-corrected chi connectivity index (χ2v) is 5.23. The van der Waals surface area contributed by atoms with Crippen LogP contribution >= 0.6 is 0 Å². The quantitative estimate of drug-likeness (QED) is 0.439. The highest BCUT2D eigenvalue weighted by Crippen LogP contribution is 2.18. The number of nitrogens with one attached hydrogen (secondary N) is 2. The number of hydrogen-bond acceptors (Lipinski definition) is 2. The normalized spacial score (nSPS) is 11.3. The fourth-order valence-corrected chi connectivity index (χ4v) is 1.76. The summed E-state index contributed by atoms with van der Waals surface area (Å²) in [6.45, 7) is 10.2. The van der Waals surface area contributed by atoms with Crippen molar-refractivity contribution >= 4 is 5.96 Å². The molecule has 0 aliphatic rings. The van der Waals surface area contributed by atoms with Crippen molar-refractivity contribution in [2.75, 3.05) is 20.2 Å². The van der Waals surface area contributed by atoms with E-state index in [4.69, 9.17) is 4.74 Å². The molecule has 0 unspecified atom stereocenters. The van der Waals surface area contributed by atoms with Gasteiger partial charge in [0.05, 0.1) is 6.61 Å². The third kappa shape index (κ3) is 6.84. The average molecular weight is 289 g/mol. The fourth-order valence-electron chi connectivity index (χ4n) is 1.76. The number of rotatable bonds is 8. The zero-order valence-corrected chi connectivity index (χ0v) is 13.4. The molecule has 0 saturated carbocycles. The molecule has 0 heterocycles. The van der Waals surface area contributed by atoms with Crippen molar-refractivity contribution < 1.29 is 4.74 Å². The van der Waals surface area contributed by atoms with Gasteiger partial charge in [-0.1, -0.05) is 38.1 Å². The summed E-state index contributed by atoms with van der Waals surface area (Å²) in [5.74, 6) is 2.34. The van der Waals surface area contributed by atoms with Gasteiger partial charge in [-0.2, -0.15) is 0 Å². The first kappa shape index (κ1) is 17.1. The lowest BCUT2D eigenvalue weighted by molar-refractivity contribution is 0.286. The standard InChI is InChI=1S/C17H27N3O/c1-5-11-19-17(18-4)20-13-15-8-6-7-9-16(15)21-12-10-14(2)3/h5-9,14H,1,10-13H2,2-4H3,(H2,18,19,20). The van der Waals surface area contributed by atoms with Crippen LogP contribution in [-0.4, -0.2) is 26.2 Å². The highest BCUT2D eigenvalue weighted by atomic mass is 16.5. The van der Waals surface area contributed by atoms with Gasteiger partial charge in [0.1, 0.15) is 5.75 Å². The Morgan fingerprint density at radius 1 is 1.33 bits per heavy atom. The molecule has 0 aromatic heterocycles. The smallest absolute Gasteiger partial charge is 0.191 e. The first-order chi connectivity index (χ1) is 10.2. The number of guanidine groups is 1. The van der Waals surface area contributed by atoms with Crippen LogP contribution in [-0.2, 0) is 6.54 Å². The lowest BCUT2D eigenvalue weighted by atomic mass is 10.1. The first-order valence-corrected chi connectivity index (χ1v) is 7.43. The molecule has 0 aliphatic heterocycles. The van der Waals surface area contributed by atoms with E-state index >= 15 is 0 Å². The van der Waals surface area contributed by atoms with Gasteiger partial charge >= 0.3 is 0 Å². The summed E-state index contributed by atoms with van der Waals surface area (Å²) in [5.41, 5.74) is 1.13. The predicted octanol–water partition coefficient (Wildman–Crippen LogP) is 2.96. The highest BCUT2D eigenvalue weighted by molar-refractivity contribution is 5.79. The molecule has 0 fully saturated rings. The van der Waals surface area contributed by atoms with Gasteiger partial charge in [-0.15, -0.1) is 6.58 Å². The molecule has 4 heteroatoms. The van der Waals surface area contributed by atoms with Gasteiger partial charge in [-0.25, -0.2) is 0 Å². The number of aliphatic imine (C=N–C) groups is 1. The predicted molar refractivity (Wildman–Crippen MR) is 89.8 cm³/mol. The summed E-state index contributed by atoms with van der Waals surface area (Å²) in [6.07, 6.45) is 2.86. The Hall–Kier alpha value is -1.97. The summed E-state index contributed by atoms with van der Waals surface area (Å²) in [4.78, 5) is 4.16. The van der Waals surface area contributed by atoms with Crippen molar-refractivity contribution in [3.05, 3.63) is 42.5 Å². The molecule has 0 radical (unpaired) electrons. The highest BCUT2D eigenvalue weighted by Gasteiger charge is 2.04. The zero-order valence-electron chi connectivity index (χ0n) is 13.4. The number of benzene rings is 1. The molecule has 0 saturated heterocycles. The van der Waals surface area contributed by atoms with Crippen LogP contribution in [0.2, 0.25) is 0 Å². The molecule has 1 rings (SSSR count). The molecule has 0 aliphatic carbocycles. The van der Waals surface area contributed by atoms with Crippen LogP contribution in [0.1, 0.15) is 25.8 Å². The van der Waals surface area contributed by atoms with Gasteiger partial charge in [-0.3, -0.25) is 4.99 Å². The SMILES string of the molecule is C=CCNC(=NC)NCc1ccccc1OCCC(C)C. The molecule has 0 atom stereocenters. The second kappa shape index (κ2) is 9.86. The van der Waals surface area contributed by atoms with Crippen molar-refractivity contribution in [1.82, 2.24) is 10.6 Å². The van der Waals surface area contributed by atoms with Crippen LogP contribution < -0.4 is 15.4 Å². The van der Waals surface area contributed by atoms with Crippen molar-refractivity contribution in [3.8, 4) is 5.75 Å². The molecule has 116 valence electrons. The second-order valence-electron chi connectivity index (χ2n) is 5.23. The Morgan fingerprint density at radius 3 is 2.76 bits per heavy atom. The van der Waals surface area contributed by atoms with Crippen LogP contribution in [0.3, 0.4) is 0 Å². The number of nitrogens with zero attached hydrogens (tertiary/aromatic N) is 1. The third-order valence-corrected chi connectivity index (χ3v) is 3.01. The molecule has 0 bridgehead atoms. The van der Waals surface area contributed by atoms with E-state index in [1.165, 1.54) is 0 Å². The lowest BCUT2D eigenvalue weighted by Gasteiger charge is -2.14. The molecule has 0 spiro atoms. The van der Waals surface area contributed by atoms with Crippen LogP contribution in [0.5, 0.6) is 5.75 Å². The van der Waals surface area contributed by atoms with E-state index in [0.29, 0.717) is 19.0 Å². The minimum Gasteiger partial charge on any atom is -0.493 e. The van der Waals surface area contributed by atoms with Gasteiger partial charge in [0.2, 0.25) is 0 Å². The molecule has 0 amide bonds. The summed E-state index contributed by atoms with van der Waals surface area (Å²) in [5, 5.41) is 6.42. The number of para-hydroxylation sites is 1. The summed E-state index contributed by atoms with van der Waals surface area (Å²) < 4.78 is 5.88. The average Bonchev–Trinajstić information content (AvgIpc) is 2.48. The molecule has 4 nitrogen and oxygen atoms in total. The van der Waals surface area contributed by atoms with Crippen LogP contribution in [0.25, 0.3) is 0 Å². The minimum atomic E-state index is 0.650. The number of ether oxygens (including phenoxy) is 1. The van der Waals surface area contributed by atoms with Gasteiger partial charge in [0.15, 0.2) is 5.96 Å². The molecular weight excluding hydrogens is 262 g/mol. The fraction of sp³-hybridized carbons (Fsp3) is 0.471. The summed E-state index contributed by atoms with van der Waals surface area (Å²) >= 11 is 0. The van der Waals surface area contributed by atoms with Crippen molar-refractivity contribution in [2.24, 2.45) is 10.9 Å². The minimum absolute atomic E-state index is 0.650. The van der Waals surface area contributed by atoms with E-state index in [-0.39, 0.29) is 0 Å². The summed E-state index contributed by atoms with van der Waals surface area (Å²) in [6, 6.07) is 8.10. The van der Waals surface area contributed by atoms with E-state index in [0.717, 1.165) is 30.3 Å². The van der Waals surface area contributed by atoms with Gasteiger partial charge < -0.3 is 15.4 Å². The zero-order chi connectivity index (χ0) is 15.5. The Bertz CT molecular complexity index is 455.